The summed E-state index contributed by atoms with van der Waals surface area (Å²) < 4.78 is 0. The number of rotatable bonds is 4. The van der Waals surface area contributed by atoms with Gasteiger partial charge in [-0.25, -0.2) is 0 Å². The second-order valence-electron chi connectivity index (χ2n) is 5.05. The molecule has 1 heterocycles. The Morgan fingerprint density at radius 2 is 1.83 bits per heavy atom. The molecule has 0 saturated heterocycles. The molecule has 2 nitrogen and oxygen atoms in total. The molecule has 0 N–H and O–H groups in total. The number of aryl methyl sites for hydroxylation is 3. The molecule has 2 rings (SSSR count). The fourth-order valence-corrected chi connectivity index (χ4v) is 2.64. The molecule has 0 amide bonds. The Morgan fingerprint density at radius 1 is 1.17 bits per heavy atom. The zero-order valence-corrected chi connectivity index (χ0v) is 11.6. The monoisotopic (exact) mass is 242 g/mol. The predicted octanol–water partition coefficient (Wildman–Crippen LogP) is 3.74. The van der Waals surface area contributed by atoms with Gasteiger partial charge in [-0.15, -0.1) is 6.58 Å². The van der Waals surface area contributed by atoms with E-state index >= 15 is 0 Å². The van der Waals surface area contributed by atoms with Crippen molar-refractivity contribution in [3.8, 4) is 0 Å². The summed E-state index contributed by atoms with van der Waals surface area (Å²) >= 11 is 0. The first kappa shape index (κ1) is 12.7. The molecule has 0 saturated carbocycles. The molecule has 0 atom stereocenters. The third kappa shape index (κ3) is 2.58. The lowest BCUT2D eigenvalue weighted by Crippen LogP contribution is -2.26. The maximum absolute atomic E-state index is 3.77. The summed E-state index contributed by atoms with van der Waals surface area (Å²) in [4.78, 5) is 4.65. The molecule has 2 heteroatoms. The van der Waals surface area contributed by atoms with Crippen LogP contribution >= 0.6 is 0 Å². The van der Waals surface area contributed by atoms with Gasteiger partial charge in [0.25, 0.3) is 0 Å². The van der Waals surface area contributed by atoms with Crippen molar-refractivity contribution in [1.82, 2.24) is 4.90 Å². The quantitative estimate of drug-likeness (QED) is 0.742. The highest BCUT2D eigenvalue weighted by molar-refractivity contribution is 5.62. The molecule has 96 valence electrons. The number of hydrogen-bond donors (Lipinski definition) is 0. The van der Waals surface area contributed by atoms with Crippen molar-refractivity contribution in [3.05, 3.63) is 53.9 Å². The smallest absolute Gasteiger partial charge is 0.0942 e. The summed E-state index contributed by atoms with van der Waals surface area (Å²) in [7, 11) is 0. The normalized spacial score (nSPS) is 14.4. The van der Waals surface area contributed by atoms with Crippen LogP contribution in [0.3, 0.4) is 0 Å². The van der Waals surface area contributed by atoms with Crippen LogP contribution in [0.1, 0.15) is 23.1 Å². The Morgan fingerprint density at radius 3 is 2.44 bits per heavy atom. The summed E-state index contributed by atoms with van der Waals surface area (Å²) in [6.45, 7) is 12.3. The number of nitrogens with zero attached hydrogens (tertiary/aromatic N) is 2. The third-order valence-corrected chi connectivity index (χ3v) is 3.33. The number of anilines is 1. The molecule has 1 aliphatic rings. The number of benzene rings is 1. The van der Waals surface area contributed by atoms with Crippen molar-refractivity contribution < 1.29 is 0 Å². The molecule has 0 aliphatic carbocycles. The Hall–Kier alpha value is -1.70. The zero-order valence-electron chi connectivity index (χ0n) is 11.6. The van der Waals surface area contributed by atoms with Gasteiger partial charge >= 0.3 is 0 Å². The van der Waals surface area contributed by atoms with Gasteiger partial charge in [0.15, 0.2) is 0 Å². The maximum Gasteiger partial charge on any atom is 0.0942 e. The lowest BCUT2D eigenvalue weighted by molar-refractivity contribution is 0.414. The zero-order chi connectivity index (χ0) is 13.1. The molecular weight excluding hydrogens is 220 g/mol. The summed E-state index contributed by atoms with van der Waals surface area (Å²) in [6, 6.07) is 4.51. The van der Waals surface area contributed by atoms with Gasteiger partial charge in [0.1, 0.15) is 0 Å². The van der Waals surface area contributed by atoms with Crippen molar-refractivity contribution in [2.24, 2.45) is 0 Å². The van der Waals surface area contributed by atoms with Gasteiger partial charge in [-0.3, -0.25) is 0 Å². The van der Waals surface area contributed by atoms with Crippen molar-refractivity contribution >= 4 is 5.69 Å². The molecule has 0 aromatic heterocycles. The first-order chi connectivity index (χ1) is 8.61. The molecule has 18 heavy (non-hydrogen) atoms. The summed E-state index contributed by atoms with van der Waals surface area (Å²) in [5.41, 5.74) is 5.38. The SMILES string of the molecule is C=CCCN1C=CN(c2c(C)cc(C)cc2C)C1. The maximum atomic E-state index is 3.77. The van der Waals surface area contributed by atoms with Crippen LogP contribution in [-0.4, -0.2) is 18.1 Å². The van der Waals surface area contributed by atoms with E-state index < -0.39 is 0 Å². The van der Waals surface area contributed by atoms with Crippen LogP contribution in [0, 0.1) is 20.8 Å². The van der Waals surface area contributed by atoms with Gasteiger partial charge in [0, 0.05) is 24.6 Å². The Labute approximate surface area is 110 Å². The standard InChI is InChI=1S/C16H22N2/c1-5-6-7-17-8-9-18(12-17)16-14(3)10-13(2)11-15(16)4/h5,8-11H,1,6-7,12H2,2-4H3. The van der Waals surface area contributed by atoms with Crippen LogP contribution in [-0.2, 0) is 0 Å². The minimum atomic E-state index is 0.943. The highest BCUT2D eigenvalue weighted by atomic mass is 15.3. The lowest BCUT2D eigenvalue weighted by atomic mass is 10.0. The van der Waals surface area contributed by atoms with Crippen LogP contribution in [0.25, 0.3) is 0 Å². The highest BCUT2D eigenvalue weighted by Gasteiger charge is 2.16. The molecule has 1 aromatic rings. The minimum Gasteiger partial charge on any atom is -0.358 e. The van der Waals surface area contributed by atoms with Crippen molar-refractivity contribution in [2.45, 2.75) is 27.2 Å². The summed E-state index contributed by atoms with van der Waals surface area (Å²) in [6.07, 6.45) is 7.35. The summed E-state index contributed by atoms with van der Waals surface area (Å²) in [5.74, 6) is 0. The van der Waals surface area contributed by atoms with E-state index in [1.165, 1.54) is 22.4 Å². The van der Waals surface area contributed by atoms with Crippen LogP contribution in [0.2, 0.25) is 0 Å². The van der Waals surface area contributed by atoms with Crippen molar-refractivity contribution in [3.63, 3.8) is 0 Å². The fourth-order valence-electron chi connectivity index (χ4n) is 2.64. The van der Waals surface area contributed by atoms with E-state index in [0.717, 1.165) is 19.6 Å². The molecule has 0 fully saturated rings. The molecule has 0 bridgehead atoms. The fraction of sp³-hybridized carbons (Fsp3) is 0.375. The van der Waals surface area contributed by atoms with Crippen molar-refractivity contribution in [2.75, 3.05) is 18.1 Å². The van der Waals surface area contributed by atoms with Crippen LogP contribution in [0.5, 0.6) is 0 Å². The van der Waals surface area contributed by atoms with E-state index in [9.17, 15) is 0 Å². The van der Waals surface area contributed by atoms with E-state index in [2.05, 4.69) is 61.7 Å². The average Bonchev–Trinajstić information content (AvgIpc) is 2.73. The van der Waals surface area contributed by atoms with Crippen LogP contribution < -0.4 is 4.90 Å². The first-order valence-corrected chi connectivity index (χ1v) is 6.49. The van der Waals surface area contributed by atoms with E-state index in [4.69, 9.17) is 0 Å². The van der Waals surface area contributed by atoms with Crippen LogP contribution in [0.15, 0.2) is 37.2 Å². The van der Waals surface area contributed by atoms with Gasteiger partial charge in [0.2, 0.25) is 0 Å². The van der Waals surface area contributed by atoms with Gasteiger partial charge in [0.05, 0.1) is 6.67 Å². The van der Waals surface area contributed by atoms with Gasteiger partial charge in [-0.2, -0.15) is 0 Å². The lowest BCUT2D eigenvalue weighted by Gasteiger charge is -2.24. The third-order valence-electron chi connectivity index (χ3n) is 3.33. The van der Waals surface area contributed by atoms with Crippen LogP contribution in [0.4, 0.5) is 5.69 Å². The second-order valence-corrected chi connectivity index (χ2v) is 5.05. The van der Waals surface area contributed by atoms with E-state index in [-0.39, 0.29) is 0 Å². The van der Waals surface area contributed by atoms with E-state index in [0.29, 0.717) is 0 Å². The van der Waals surface area contributed by atoms with Gasteiger partial charge in [-0.1, -0.05) is 23.8 Å². The molecule has 0 spiro atoms. The Bertz CT molecular complexity index is 451. The van der Waals surface area contributed by atoms with E-state index in [1.807, 2.05) is 6.08 Å². The number of hydrogen-bond acceptors (Lipinski definition) is 2. The molecular formula is C16H22N2. The van der Waals surface area contributed by atoms with Gasteiger partial charge in [-0.05, 0) is 38.3 Å². The Balaban J connectivity index is 2.15. The Kier molecular flexibility index (Phi) is 3.75. The predicted molar refractivity (Wildman–Crippen MR) is 78.7 cm³/mol. The first-order valence-electron chi connectivity index (χ1n) is 6.49. The largest absolute Gasteiger partial charge is 0.358 e. The topological polar surface area (TPSA) is 6.48 Å². The average molecular weight is 242 g/mol. The molecule has 1 aromatic carbocycles. The molecule has 0 unspecified atom stereocenters. The molecule has 1 aliphatic heterocycles. The summed E-state index contributed by atoms with van der Waals surface area (Å²) in [5, 5.41) is 0. The van der Waals surface area contributed by atoms with Crippen molar-refractivity contribution in [1.29, 1.82) is 0 Å². The second kappa shape index (κ2) is 5.30. The molecule has 0 radical (unpaired) electrons. The highest BCUT2D eigenvalue weighted by Crippen LogP contribution is 2.28. The van der Waals surface area contributed by atoms with Gasteiger partial charge < -0.3 is 9.80 Å². The minimum absolute atomic E-state index is 0.943. The van der Waals surface area contributed by atoms with E-state index in [1.54, 1.807) is 0 Å².